The third-order valence-corrected chi connectivity index (χ3v) is 5.30. The van der Waals surface area contributed by atoms with Gasteiger partial charge >= 0.3 is 5.76 Å². The molecule has 2 aromatic carbocycles. The number of rotatable bonds is 9. The molecule has 0 saturated carbocycles. The Labute approximate surface area is 169 Å². The molecule has 2 aromatic heterocycles. The van der Waals surface area contributed by atoms with E-state index >= 15 is 0 Å². The Kier molecular flexibility index (Phi) is 5.71. The lowest BCUT2D eigenvalue weighted by atomic mass is 10.1. The maximum absolute atomic E-state index is 11.4. The summed E-state index contributed by atoms with van der Waals surface area (Å²) in [5, 5.41) is 1.34. The van der Waals surface area contributed by atoms with Crippen LogP contribution in [0.4, 0.5) is 0 Å². The summed E-state index contributed by atoms with van der Waals surface area (Å²) in [4.78, 5) is 19.6. The van der Waals surface area contributed by atoms with Crippen molar-refractivity contribution >= 4 is 22.0 Å². The molecule has 2 N–H and O–H groups in total. The van der Waals surface area contributed by atoms with Crippen molar-refractivity contribution in [1.29, 1.82) is 0 Å². The van der Waals surface area contributed by atoms with Gasteiger partial charge in [-0.05, 0) is 69.6 Å². The summed E-state index contributed by atoms with van der Waals surface area (Å²) in [5.41, 5.74) is 5.05. The summed E-state index contributed by atoms with van der Waals surface area (Å²) in [7, 11) is 2.11. The number of para-hydroxylation sites is 1. The average molecular weight is 393 g/mol. The molecule has 4 aromatic rings. The van der Waals surface area contributed by atoms with E-state index in [9.17, 15) is 4.79 Å². The third-order valence-electron chi connectivity index (χ3n) is 5.30. The molecule has 6 heteroatoms. The molecule has 0 fully saturated rings. The lowest BCUT2D eigenvalue weighted by Gasteiger charge is -2.16. The van der Waals surface area contributed by atoms with Gasteiger partial charge in [-0.1, -0.05) is 17.7 Å². The normalized spacial score (nSPS) is 11.7. The van der Waals surface area contributed by atoms with Crippen molar-refractivity contribution in [2.24, 2.45) is 0 Å². The standard InChI is InChI=1S/C23H27N3O3/c1-16-9-10-19-18(14-16)17(15-24-19)6-3-4-11-26(2)12-13-28-21-8-5-7-20-22(21)29-23(27)25-20/h5,7-10,14-15,24H,3-4,6,11-13H2,1-2H3,(H,25,27). The van der Waals surface area contributed by atoms with E-state index in [2.05, 4.69) is 53.2 Å². The molecule has 0 aliphatic rings. The van der Waals surface area contributed by atoms with Crippen molar-refractivity contribution in [3.05, 3.63) is 64.3 Å². The first-order chi connectivity index (χ1) is 14.1. The number of unbranched alkanes of at least 4 members (excludes halogenated alkanes) is 1. The van der Waals surface area contributed by atoms with Gasteiger partial charge in [0, 0.05) is 23.6 Å². The van der Waals surface area contributed by atoms with Gasteiger partial charge in [-0.3, -0.25) is 4.98 Å². The van der Waals surface area contributed by atoms with Gasteiger partial charge in [-0.2, -0.15) is 0 Å². The predicted octanol–water partition coefficient (Wildman–Crippen LogP) is 4.24. The fraction of sp³-hybridized carbons (Fsp3) is 0.348. The highest BCUT2D eigenvalue weighted by atomic mass is 16.5. The minimum absolute atomic E-state index is 0.460. The largest absolute Gasteiger partial charge is 0.488 e. The number of aromatic nitrogens is 2. The molecule has 0 saturated heterocycles. The Balaban J connectivity index is 1.20. The highest BCUT2D eigenvalue weighted by molar-refractivity contribution is 5.83. The smallest absolute Gasteiger partial charge is 0.417 e. The molecular formula is C23H27N3O3. The van der Waals surface area contributed by atoms with E-state index in [1.54, 1.807) is 6.07 Å². The van der Waals surface area contributed by atoms with Gasteiger partial charge in [0.1, 0.15) is 6.61 Å². The monoisotopic (exact) mass is 393 g/mol. The molecule has 6 nitrogen and oxygen atoms in total. The van der Waals surface area contributed by atoms with Crippen LogP contribution in [0.2, 0.25) is 0 Å². The van der Waals surface area contributed by atoms with Crippen molar-refractivity contribution in [1.82, 2.24) is 14.9 Å². The molecule has 2 heterocycles. The second kappa shape index (κ2) is 8.57. The Hall–Kier alpha value is -2.99. The molecule has 0 atom stereocenters. The SMILES string of the molecule is Cc1ccc2[nH]cc(CCCCN(C)CCOc3cccc4[nH]c(=O)oc34)c2c1. The van der Waals surface area contributed by atoms with Crippen LogP contribution in [0.1, 0.15) is 24.0 Å². The summed E-state index contributed by atoms with van der Waals surface area (Å²) in [6.07, 6.45) is 5.51. The lowest BCUT2D eigenvalue weighted by Crippen LogP contribution is -2.25. The first kappa shape index (κ1) is 19.3. The summed E-state index contributed by atoms with van der Waals surface area (Å²) < 4.78 is 11.0. The Morgan fingerprint density at radius 2 is 2.00 bits per heavy atom. The number of fused-ring (bicyclic) bond motifs is 2. The van der Waals surface area contributed by atoms with E-state index in [0.717, 1.165) is 32.4 Å². The topological polar surface area (TPSA) is 74.3 Å². The summed E-state index contributed by atoms with van der Waals surface area (Å²) in [5.74, 6) is 0.141. The van der Waals surface area contributed by atoms with Crippen LogP contribution in [-0.2, 0) is 6.42 Å². The van der Waals surface area contributed by atoms with Crippen molar-refractivity contribution in [2.75, 3.05) is 26.7 Å². The second-order valence-corrected chi connectivity index (χ2v) is 7.62. The summed E-state index contributed by atoms with van der Waals surface area (Å²) in [6.45, 7) is 4.52. The van der Waals surface area contributed by atoms with Gasteiger partial charge < -0.3 is 19.0 Å². The molecule has 29 heavy (non-hydrogen) atoms. The number of benzene rings is 2. The molecule has 0 aliphatic heterocycles. The highest BCUT2D eigenvalue weighted by Gasteiger charge is 2.08. The van der Waals surface area contributed by atoms with Crippen LogP contribution in [0.25, 0.3) is 22.0 Å². The number of aryl methyl sites for hydroxylation is 2. The zero-order valence-electron chi connectivity index (χ0n) is 17.0. The molecule has 0 amide bonds. The molecular weight excluding hydrogens is 366 g/mol. The zero-order valence-corrected chi connectivity index (χ0v) is 17.0. The van der Waals surface area contributed by atoms with E-state index in [4.69, 9.17) is 9.15 Å². The predicted molar refractivity (Wildman–Crippen MR) is 116 cm³/mol. The van der Waals surface area contributed by atoms with Crippen LogP contribution >= 0.6 is 0 Å². The summed E-state index contributed by atoms with van der Waals surface area (Å²) in [6, 6.07) is 12.0. The number of hydrogen-bond donors (Lipinski definition) is 2. The van der Waals surface area contributed by atoms with Gasteiger partial charge in [0.25, 0.3) is 0 Å². The quantitative estimate of drug-likeness (QED) is 0.417. The molecule has 0 radical (unpaired) electrons. The average Bonchev–Trinajstić information content (AvgIpc) is 3.28. The maximum atomic E-state index is 11.4. The second-order valence-electron chi connectivity index (χ2n) is 7.62. The highest BCUT2D eigenvalue weighted by Crippen LogP contribution is 2.23. The van der Waals surface area contributed by atoms with Gasteiger partial charge in [0.2, 0.25) is 0 Å². The van der Waals surface area contributed by atoms with Gasteiger partial charge in [-0.15, -0.1) is 0 Å². The zero-order chi connectivity index (χ0) is 20.2. The van der Waals surface area contributed by atoms with E-state index in [0.29, 0.717) is 23.5 Å². The van der Waals surface area contributed by atoms with Crippen molar-refractivity contribution in [3.63, 3.8) is 0 Å². The molecule has 0 bridgehead atoms. The van der Waals surface area contributed by atoms with Crippen LogP contribution in [0, 0.1) is 6.92 Å². The first-order valence-electron chi connectivity index (χ1n) is 10.1. The molecule has 152 valence electrons. The Morgan fingerprint density at radius 3 is 2.90 bits per heavy atom. The van der Waals surface area contributed by atoms with Crippen LogP contribution in [0.5, 0.6) is 5.75 Å². The summed E-state index contributed by atoms with van der Waals surface area (Å²) >= 11 is 0. The number of oxazole rings is 1. The number of hydrogen-bond acceptors (Lipinski definition) is 4. The Bertz CT molecular complexity index is 1160. The van der Waals surface area contributed by atoms with E-state index < -0.39 is 5.76 Å². The first-order valence-corrected chi connectivity index (χ1v) is 10.1. The number of ether oxygens (including phenoxy) is 1. The number of aromatic amines is 2. The van der Waals surface area contributed by atoms with Crippen LogP contribution in [0.15, 0.2) is 51.8 Å². The maximum Gasteiger partial charge on any atom is 0.417 e. The molecule has 0 unspecified atom stereocenters. The van der Waals surface area contributed by atoms with Gasteiger partial charge in [-0.25, -0.2) is 4.79 Å². The van der Waals surface area contributed by atoms with Gasteiger partial charge in [0.05, 0.1) is 5.52 Å². The van der Waals surface area contributed by atoms with Crippen LogP contribution in [-0.4, -0.2) is 41.6 Å². The molecule has 4 rings (SSSR count). The van der Waals surface area contributed by atoms with Crippen LogP contribution < -0.4 is 10.5 Å². The fourth-order valence-electron chi connectivity index (χ4n) is 3.68. The minimum atomic E-state index is -0.460. The number of nitrogens with one attached hydrogen (secondary N) is 2. The number of likely N-dealkylation sites (N-methyl/N-ethyl adjacent to an activating group) is 1. The van der Waals surface area contributed by atoms with E-state index in [1.807, 2.05) is 12.1 Å². The van der Waals surface area contributed by atoms with E-state index in [1.165, 1.54) is 22.0 Å². The number of nitrogens with zero attached hydrogens (tertiary/aromatic N) is 1. The minimum Gasteiger partial charge on any atom is -0.488 e. The van der Waals surface area contributed by atoms with Crippen molar-refractivity contribution in [2.45, 2.75) is 26.2 Å². The van der Waals surface area contributed by atoms with E-state index in [-0.39, 0.29) is 0 Å². The fourth-order valence-corrected chi connectivity index (χ4v) is 3.68. The van der Waals surface area contributed by atoms with Crippen molar-refractivity contribution < 1.29 is 9.15 Å². The van der Waals surface area contributed by atoms with Crippen LogP contribution in [0.3, 0.4) is 0 Å². The lowest BCUT2D eigenvalue weighted by molar-refractivity contribution is 0.235. The molecule has 0 aliphatic carbocycles. The Morgan fingerprint density at radius 1 is 1.10 bits per heavy atom. The number of H-pyrrole nitrogens is 2. The third kappa shape index (κ3) is 4.54. The molecule has 0 spiro atoms. The van der Waals surface area contributed by atoms with Crippen molar-refractivity contribution in [3.8, 4) is 5.75 Å². The van der Waals surface area contributed by atoms with Gasteiger partial charge in [0.15, 0.2) is 11.3 Å².